The van der Waals surface area contributed by atoms with Crippen LogP contribution in [0.5, 0.6) is 5.75 Å². The maximum absolute atomic E-state index is 11.6. The molecule has 12 heteroatoms. The van der Waals surface area contributed by atoms with Gasteiger partial charge >= 0.3 is 89.1 Å². The molecule has 0 aromatic heterocycles. The number of hydrogen-bond acceptors (Lipinski definition) is 7. The van der Waals surface area contributed by atoms with Crippen molar-refractivity contribution in [1.82, 2.24) is 5.32 Å². The van der Waals surface area contributed by atoms with E-state index in [4.69, 9.17) is 9.81 Å². The second-order valence-electron chi connectivity index (χ2n) is 6.34. The quantitative estimate of drug-likeness (QED) is 0.181. The molecule has 1 aliphatic carbocycles. The molecule has 0 bridgehead atoms. The molecule has 0 spiro atoms. The van der Waals surface area contributed by atoms with Crippen molar-refractivity contribution in [3.05, 3.63) is 60.7 Å². The molecular formula is C18H20AsNO9S. The smallest absolute Gasteiger partial charge is 0.294 e. The zero-order valence-electron chi connectivity index (χ0n) is 15.7. The van der Waals surface area contributed by atoms with Crippen molar-refractivity contribution >= 4 is 41.0 Å². The zero-order valence-corrected chi connectivity index (χ0v) is 18.4. The summed E-state index contributed by atoms with van der Waals surface area (Å²) in [5.41, 5.74) is 0. The Morgan fingerprint density at radius 2 is 1.90 bits per heavy atom. The summed E-state index contributed by atoms with van der Waals surface area (Å²) >= 11 is -5.02. The van der Waals surface area contributed by atoms with Crippen LogP contribution in [0, 0.1) is 0 Å². The van der Waals surface area contributed by atoms with Gasteiger partial charge in [-0.25, -0.2) is 0 Å². The van der Waals surface area contributed by atoms with Crippen LogP contribution in [0.15, 0.2) is 65.6 Å². The van der Waals surface area contributed by atoms with Gasteiger partial charge in [0.1, 0.15) is 5.75 Å². The van der Waals surface area contributed by atoms with E-state index in [1.165, 1.54) is 25.1 Å². The van der Waals surface area contributed by atoms with Gasteiger partial charge in [0.2, 0.25) is 0 Å². The average molecular weight is 501 g/mol. The van der Waals surface area contributed by atoms with Gasteiger partial charge in [0.15, 0.2) is 0 Å². The summed E-state index contributed by atoms with van der Waals surface area (Å²) in [4.78, 5) is 10.6. The predicted molar refractivity (Wildman–Crippen MR) is 107 cm³/mol. The van der Waals surface area contributed by atoms with E-state index in [9.17, 15) is 26.2 Å². The summed E-state index contributed by atoms with van der Waals surface area (Å²) < 4.78 is 53.8. The fourth-order valence-corrected chi connectivity index (χ4v) is 5.52. The summed E-state index contributed by atoms with van der Waals surface area (Å²) in [6.45, 7) is 1.22. The standard InChI is InChI=1S/C10H8O4S.C8H12AsNO5/c11-10-6-8(15(12,13)14)5-7-3-1-2-4-9(7)10;1-7(11)10-8(9(12,13)15-14)5-3-2-4-6-8/h1-6,11H,(H,12,13,14);2-5,14H,6H2,1H3,(H,10,11)(H,12,13). The third-order valence-electron chi connectivity index (χ3n) is 4.17. The number of aromatic hydroxyl groups is 1. The van der Waals surface area contributed by atoms with Gasteiger partial charge in [-0.15, -0.1) is 0 Å². The number of nitrogens with one attached hydrogen (secondary N) is 1. The van der Waals surface area contributed by atoms with Crippen molar-refractivity contribution in [3.8, 4) is 5.75 Å². The molecule has 30 heavy (non-hydrogen) atoms. The van der Waals surface area contributed by atoms with Gasteiger partial charge in [-0.3, -0.25) is 4.55 Å². The van der Waals surface area contributed by atoms with Gasteiger partial charge < -0.3 is 5.11 Å². The maximum atomic E-state index is 11.6. The van der Waals surface area contributed by atoms with Crippen LogP contribution < -0.4 is 5.32 Å². The first-order valence-corrected chi connectivity index (χ1v) is 13.2. The van der Waals surface area contributed by atoms with E-state index in [0.29, 0.717) is 10.8 Å². The van der Waals surface area contributed by atoms with Gasteiger partial charge in [-0.05, 0) is 11.5 Å². The van der Waals surface area contributed by atoms with E-state index in [1.807, 2.05) is 0 Å². The molecule has 5 N–H and O–H groups in total. The number of hydrogen-bond donors (Lipinski definition) is 5. The van der Waals surface area contributed by atoms with E-state index in [2.05, 4.69) is 9.19 Å². The number of amides is 1. The molecule has 2 atom stereocenters. The Hall–Kier alpha value is -2.40. The third-order valence-corrected chi connectivity index (χ3v) is 8.51. The van der Waals surface area contributed by atoms with Crippen molar-refractivity contribution in [3.63, 3.8) is 0 Å². The Bertz CT molecular complexity index is 1160. The maximum Gasteiger partial charge on any atom is 0.294 e. The normalized spacial score (nSPS) is 20.1. The SMILES string of the molecule is CC(=O)NC1([As](=O)(O)OO)C=CC=CC1.O=S(=O)(O)c1cc(O)c2ccccc2c1. The second-order valence-corrected chi connectivity index (χ2v) is 12.0. The van der Waals surface area contributed by atoms with Crippen LogP contribution in [-0.2, 0) is 22.5 Å². The van der Waals surface area contributed by atoms with Gasteiger partial charge in [-0.2, -0.15) is 8.42 Å². The number of allylic oxidation sites excluding steroid dienone is 2. The molecule has 2 unspecified atom stereocenters. The first-order chi connectivity index (χ1) is 13.9. The monoisotopic (exact) mass is 501 g/mol. The van der Waals surface area contributed by atoms with Crippen molar-refractivity contribution in [2.45, 2.75) is 22.6 Å². The van der Waals surface area contributed by atoms with Gasteiger partial charge in [0, 0.05) is 11.5 Å². The van der Waals surface area contributed by atoms with Crippen LogP contribution in [0.25, 0.3) is 10.8 Å². The molecule has 0 saturated heterocycles. The fraction of sp³-hybridized carbons (Fsp3) is 0.167. The van der Waals surface area contributed by atoms with E-state index in [0.717, 1.165) is 6.07 Å². The van der Waals surface area contributed by atoms with Crippen LogP contribution in [0.2, 0.25) is 0 Å². The Kier molecular flexibility index (Phi) is 7.30. The number of benzene rings is 2. The molecule has 0 saturated carbocycles. The molecule has 10 nitrogen and oxygen atoms in total. The molecule has 2 aromatic carbocycles. The van der Waals surface area contributed by atoms with Gasteiger partial charge in [0.05, 0.1) is 4.90 Å². The number of fused-ring (bicyclic) bond motifs is 1. The van der Waals surface area contributed by atoms with E-state index in [-0.39, 0.29) is 17.1 Å². The molecule has 0 radical (unpaired) electrons. The molecular weight excluding hydrogens is 481 g/mol. The van der Waals surface area contributed by atoms with Crippen LogP contribution >= 0.6 is 0 Å². The van der Waals surface area contributed by atoms with Crippen molar-refractivity contribution in [1.29, 1.82) is 0 Å². The molecule has 162 valence electrons. The van der Waals surface area contributed by atoms with Crippen molar-refractivity contribution in [2.75, 3.05) is 0 Å². The summed E-state index contributed by atoms with van der Waals surface area (Å²) in [6, 6.07) is 9.11. The van der Waals surface area contributed by atoms with Gasteiger partial charge in [0.25, 0.3) is 10.1 Å². The summed E-state index contributed by atoms with van der Waals surface area (Å²) in [5, 5.41) is 21.4. The first-order valence-electron chi connectivity index (χ1n) is 8.40. The molecule has 3 rings (SSSR count). The van der Waals surface area contributed by atoms with Crippen LogP contribution in [0.3, 0.4) is 0 Å². The first kappa shape index (κ1) is 23.9. The summed E-state index contributed by atoms with van der Waals surface area (Å²) in [7, 11) is -4.28. The van der Waals surface area contributed by atoms with Crippen molar-refractivity contribution in [2.24, 2.45) is 0 Å². The topological polar surface area (TPSA) is 170 Å². The van der Waals surface area contributed by atoms with E-state index >= 15 is 0 Å². The number of phenolic OH excluding ortho intramolecular Hbond substituents is 1. The number of carbonyl (C=O) groups excluding carboxylic acids is 1. The molecule has 1 amide bonds. The zero-order chi connectivity index (χ0) is 22.6. The Balaban J connectivity index is 0.000000214. The molecule has 0 fully saturated rings. The van der Waals surface area contributed by atoms with E-state index in [1.54, 1.807) is 36.4 Å². The summed E-state index contributed by atoms with van der Waals surface area (Å²) in [6.07, 6.45) is 6.26. The molecule has 2 aromatic rings. The second kappa shape index (κ2) is 9.17. The Morgan fingerprint density at radius 3 is 2.43 bits per heavy atom. The average Bonchev–Trinajstić information content (AvgIpc) is 2.68. The molecule has 0 aliphatic heterocycles. The molecule has 0 heterocycles. The van der Waals surface area contributed by atoms with E-state index < -0.39 is 34.5 Å². The van der Waals surface area contributed by atoms with Gasteiger partial charge in [-0.1, -0.05) is 24.3 Å². The predicted octanol–water partition coefficient (Wildman–Crippen LogP) is 1.56. The van der Waals surface area contributed by atoms with Crippen molar-refractivity contribution < 1.29 is 39.8 Å². The largest absolute Gasteiger partial charge is 0.507 e. The number of phenols is 1. The minimum atomic E-state index is -5.02. The Labute approximate surface area is 175 Å². The van der Waals surface area contributed by atoms with Crippen LogP contribution in [0.4, 0.5) is 0 Å². The van der Waals surface area contributed by atoms with Crippen LogP contribution in [0.1, 0.15) is 13.3 Å². The number of carbonyl (C=O) groups is 1. The minimum Gasteiger partial charge on any atom is -0.507 e. The fourth-order valence-electron chi connectivity index (χ4n) is 2.77. The number of rotatable bonds is 4. The Morgan fingerprint density at radius 1 is 1.23 bits per heavy atom. The third kappa shape index (κ3) is 5.39. The minimum absolute atomic E-state index is 0.108. The summed E-state index contributed by atoms with van der Waals surface area (Å²) in [5.74, 6) is -0.636. The van der Waals surface area contributed by atoms with Crippen LogP contribution in [-0.4, -0.2) is 51.8 Å². The molecule has 1 aliphatic rings.